The van der Waals surface area contributed by atoms with Crippen molar-refractivity contribution in [2.45, 2.75) is 58.8 Å². The van der Waals surface area contributed by atoms with Crippen molar-refractivity contribution >= 4 is 22.9 Å². The number of alkyl halides is 3. The number of halogens is 3. The summed E-state index contributed by atoms with van der Waals surface area (Å²) < 4.78 is 42.3. The molecule has 1 aliphatic carbocycles. The van der Waals surface area contributed by atoms with Crippen molar-refractivity contribution in [3.63, 3.8) is 0 Å². The van der Waals surface area contributed by atoms with Crippen LogP contribution in [-0.2, 0) is 6.18 Å². The zero-order valence-electron chi connectivity index (χ0n) is 17.0. The summed E-state index contributed by atoms with van der Waals surface area (Å²) in [6, 6.07) is 8.77. The fourth-order valence-corrected chi connectivity index (χ4v) is 4.18. The number of hydrogen-bond donors (Lipinski definition) is 2. The largest absolute Gasteiger partial charge is 0.434 e. The zero-order valence-corrected chi connectivity index (χ0v) is 17.0. The van der Waals surface area contributed by atoms with Gasteiger partial charge in [0.1, 0.15) is 11.5 Å². The molecule has 10 heteroatoms. The van der Waals surface area contributed by atoms with E-state index >= 15 is 0 Å². The van der Waals surface area contributed by atoms with Gasteiger partial charge in [0.05, 0.1) is 23.6 Å². The lowest BCUT2D eigenvalue weighted by Gasteiger charge is -2.30. The average molecular weight is 475 g/mol. The van der Waals surface area contributed by atoms with Crippen LogP contribution in [-0.4, -0.2) is 36.8 Å². The number of rotatable bonds is 4. The number of imidazole rings is 2. The van der Waals surface area contributed by atoms with Crippen molar-refractivity contribution < 1.29 is 18.0 Å². The van der Waals surface area contributed by atoms with Gasteiger partial charge in [0.15, 0.2) is 5.69 Å². The number of anilines is 1. The minimum Gasteiger partial charge on any atom is -0.368 e. The fraction of sp³-hybridized carbons (Fsp3) is 0.375. The van der Waals surface area contributed by atoms with Crippen molar-refractivity contribution in [3.8, 4) is 0 Å². The van der Waals surface area contributed by atoms with Crippen molar-refractivity contribution in [3.05, 3.63) is 66.5 Å². The van der Waals surface area contributed by atoms with Gasteiger partial charge in [0, 0.05) is 24.5 Å². The lowest BCUT2D eigenvalue weighted by Crippen LogP contribution is -2.40. The molecular formula is C24H29F3N6O. The molecule has 0 radical (unpaired) electrons. The Labute approximate surface area is 196 Å². The molecule has 1 aliphatic rings. The quantitative estimate of drug-likeness (QED) is 0.414. The summed E-state index contributed by atoms with van der Waals surface area (Å²) in [6.07, 6.45) is 4.82. The lowest BCUT2D eigenvalue weighted by molar-refractivity contribution is -0.140. The first-order chi connectivity index (χ1) is 15.4. The summed E-state index contributed by atoms with van der Waals surface area (Å²) in [4.78, 5) is 20.3. The summed E-state index contributed by atoms with van der Waals surface area (Å²) in [6.45, 7) is 0. The van der Waals surface area contributed by atoms with Gasteiger partial charge in [-0.1, -0.05) is 20.9 Å². The van der Waals surface area contributed by atoms with Crippen LogP contribution in [0.25, 0.3) is 11.2 Å². The predicted molar refractivity (Wildman–Crippen MR) is 126 cm³/mol. The van der Waals surface area contributed by atoms with E-state index in [4.69, 9.17) is 0 Å². The Balaban J connectivity index is 0.00000162. The molecule has 0 atom stereocenters. The highest BCUT2D eigenvalue weighted by Crippen LogP contribution is 2.30. The van der Waals surface area contributed by atoms with Crippen LogP contribution in [0.1, 0.15) is 56.6 Å². The first kappa shape index (κ1) is 25.1. The molecule has 0 unspecified atom stereocenters. The van der Waals surface area contributed by atoms with E-state index in [0.717, 1.165) is 37.4 Å². The minimum atomic E-state index is -4.48. The van der Waals surface area contributed by atoms with Crippen LogP contribution in [0, 0.1) is 0 Å². The van der Waals surface area contributed by atoms with Crippen LogP contribution < -0.4 is 10.6 Å². The molecule has 4 aromatic rings. The Hall–Kier alpha value is -3.56. The summed E-state index contributed by atoms with van der Waals surface area (Å²) >= 11 is 0. The number of nitrogens with zero attached hydrogens (tertiary/aromatic N) is 4. The van der Waals surface area contributed by atoms with E-state index < -0.39 is 11.9 Å². The van der Waals surface area contributed by atoms with Gasteiger partial charge in [0.2, 0.25) is 0 Å². The molecule has 0 bridgehead atoms. The maximum atomic E-state index is 13.0. The highest BCUT2D eigenvalue weighted by atomic mass is 19.4. The van der Waals surface area contributed by atoms with Gasteiger partial charge in [-0.15, -0.1) is 0 Å². The highest BCUT2D eigenvalue weighted by molar-refractivity contribution is 5.94. The Morgan fingerprint density at radius 1 is 1.00 bits per heavy atom. The Kier molecular flexibility index (Phi) is 7.18. The number of amides is 1. The SMILES string of the molecule is C.C.O=C(NC1CCC(Nc2cccc3nc(C(F)(F)F)cn23)CC1)c1ccc2cncn2c1. The van der Waals surface area contributed by atoms with Crippen LogP contribution in [0.2, 0.25) is 0 Å². The number of nitrogens with one attached hydrogen (secondary N) is 2. The van der Waals surface area contributed by atoms with E-state index in [1.54, 1.807) is 47.4 Å². The number of carbonyl (C=O) groups is 1. The zero-order chi connectivity index (χ0) is 22.3. The maximum absolute atomic E-state index is 13.0. The number of aromatic nitrogens is 4. The van der Waals surface area contributed by atoms with E-state index in [-0.39, 0.29) is 38.5 Å². The summed E-state index contributed by atoms with van der Waals surface area (Å²) in [7, 11) is 0. The highest BCUT2D eigenvalue weighted by Gasteiger charge is 2.34. The van der Waals surface area contributed by atoms with E-state index in [1.807, 2.05) is 6.07 Å². The molecule has 2 N–H and O–H groups in total. The molecule has 34 heavy (non-hydrogen) atoms. The van der Waals surface area contributed by atoms with E-state index in [1.165, 1.54) is 4.40 Å². The summed E-state index contributed by atoms with van der Waals surface area (Å²) in [5.74, 6) is 0.450. The summed E-state index contributed by atoms with van der Waals surface area (Å²) in [5.41, 5.74) is 0.830. The van der Waals surface area contributed by atoms with Gasteiger partial charge in [-0.3, -0.25) is 9.20 Å². The molecule has 4 heterocycles. The van der Waals surface area contributed by atoms with E-state index in [9.17, 15) is 18.0 Å². The topological polar surface area (TPSA) is 75.7 Å². The van der Waals surface area contributed by atoms with Crippen LogP contribution in [0.15, 0.2) is 55.2 Å². The number of carbonyl (C=O) groups excluding carboxylic acids is 1. The van der Waals surface area contributed by atoms with Crippen LogP contribution in [0.5, 0.6) is 0 Å². The van der Waals surface area contributed by atoms with Crippen LogP contribution in [0.3, 0.4) is 0 Å². The van der Waals surface area contributed by atoms with Gasteiger partial charge in [0.25, 0.3) is 5.91 Å². The fourth-order valence-electron chi connectivity index (χ4n) is 4.18. The van der Waals surface area contributed by atoms with Crippen molar-refractivity contribution in [2.75, 3.05) is 5.32 Å². The van der Waals surface area contributed by atoms with Crippen molar-refractivity contribution in [1.29, 1.82) is 0 Å². The standard InChI is InChI=1S/C22H21F3N6O.2CH4/c23-22(24,25)18-12-31-19(2-1-3-20(31)29-18)27-15-5-7-16(8-6-15)28-21(32)14-4-9-17-10-26-13-30(17)11-14;;/h1-4,9-13,15-16,27H,5-8H2,(H,28,32);2*1H4. The van der Waals surface area contributed by atoms with Gasteiger partial charge in [-0.05, 0) is 49.9 Å². The van der Waals surface area contributed by atoms with Gasteiger partial charge in [-0.2, -0.15) is 13.2 Å². The number of fused-ring (bicyclic) bond motifs is 2. The second-order valence-electron chi connectivity index (χ2n) is 8.07. The molecular weight excluding hydrogens is 445 g/mol. The maximum Gasteiger partial charge on any atom is 0.434 e. The van der Waals surface area contributed by atoms with Gasteiger partial charge >= 0.3 is 6.18 Å². The van der Waals surface area contributed by atoms with Crippen molar-refractivity contribution in [1.82, 2.24) is 24.1 Å². The molecule has 0 aliphatic heterocycles. The number of pyridine rings is 2. The molecule has 1 amide bonds. The lowest BCUT2D eigenvalue weighted by atomic mass is 9.91. The molecule has 0 saturated heterocycles. The third kappa shape index (κ3) is 5.00. The Morgan fingerprint density at radius 3 is 2.47 bits per heavy atom. The molecule has 182 valence electrons. The van der Waals surface area contributed by atoms with Crippen LogP contribution >= 0.6 is 0 Å². The van der Waals surface area contributed by atoms with Crippen LogP contribution in [0.4, 0.5) is 19.0 Å². The molecule has 0 spiro atoms. The molecule has 7 nitrogen and oxygen atoms in total. The summed E-state index contributed by atoms with van der Waals surface area (Å²) in [5, 5.41) is 6.43. The second-order valence-corrected chi connectivity index (χ2v) is 8.07. The monoisotopic (exact) mass is 474 g/mol. The van der Waals surface area contributed by atoms with E-state index in [0.29, 0.717) is 11.4 Å². The first-order valence-corrected chi connectivity index (χ1v) is 10.4. The number of hydrogen-bond acceptors (Lipinski definition) is 4. The van der Waals surface area contributed by atoms with E-state index in [2.05, 4.69) is 20.6 Å². The third-order valence-electron chi connectivity index (χ3n) is 5.87. The van der Waals surface area contributed by atoms with Gasteiger partial charge < -0.3 is 15.0 Å². The first-order valence-electron chi connectivity index (χ1n) is 10.4. The Bertz CT molecular complexity index is 1270. The predicted octanol–water partition coefficient (Wildman–Crippen LogP) is 5.43. The molecule has 5 rings (SSSR count). The molecule has 0 aromatic carbocycles. The van der Waals surface area contributed by atoms with Crippen molar-refractivity contribution in [2.24, 2.45) is 0 Å². The smallest absolute Gasteiger partial charge is 0.368 e. The molecule has 4 aromatic heterocycles. The second kappa shape index (κ2) is 9.74. The minimum absolute atomic E-state index is 0. The van der Waals surface area contributed by atoms with Gasteiger partial charge in [-0.25, -0.2) is 9.97 Å². The third-order valence-corrected chi connectivity index (χ3v) is 5.87. The Morgan fingerprint density at radius 2 is 1.74 bits per heavy atom. The average Bonchev–Trinajstić information content (AvgIpc) is 3.42. The molecule has 1 saturated carbocycles. The normalized spacial score (nSPS) is 18.2. The molecule has 1 fully saturated rings.